The highest BCUT2D eigenvalue weighted by Gasteiger charge is 2.24. The van der Waals surface area contributed by atoms with Gasteiger partial charge in [-0.15, -0.1) is 24.0 Å². The molecule has 0 radical (unpaired) electrons. The van der Waals surface area contributed by atoms with Gasteiger partial charge in [0.05, 0.1) is 6.54 Å². The zero-order valence-corrected chi connectivity index (χ0v) is 19.6. The van der Waals surface area contributed by atoms with Gasteiger partial charge in [-0.1, -0.05) is 18.2 Å². The minimum atomic E-state index is 0. The third kappa shape index (κ3) is 5.81. The number of fused-ring (bicyclic) bond motifs is 1. The van der Waals surface area contributed by atoms with Gasteiger partial charge in [0.25, 0.3) is 0 Å². The van der Waals surface area contributed by atoms with Crippen molar-refractivity contribution in [3.8, 4) is 5.82 Å². The van der Waals surface area contributed by atoms with Gasteiger partial charge in [0.15, 0.2) is 11.8 Å². The van der Waals surface area contributed by atoms with Crippen LogP contribution in [-0.4, -0.2) is 39.7 Å². The van der Waals surface area contributed by atoms with Crippen molar-refractivity contribution in [3.63, 3.8) is 0 Å². The number of nitrogens with one attached hydrogen (secondary N) is 3. The lowest BCUT2D eigenvalue weighted by Gasteiger charge is -2.26. The maximum absolute atomic E-state index is 12.0. The molecule has 0 saturated carbocycles. The van der Waals surface area contributed by atoms with E-state index in [2.05, 4.69) is 32.1 Å². The number of amides is 1. The van der Waals surface area contributed by atoms with Gasteiger partial charge in [-0.3, -0.25) is 4.79 Å². The van der Waals surface area contributed by atoms with Crippen LogP contribution in [0.2, 0.25) is 0 Å². The molecule has 0 spiro atoms. The molecule has 1 aromatic carbocycles. The molecule has 4 rings (SSSR count). The summed E-state index contributed by atoms with van der Waals surface area (Å²) in [6, 6.07) is 13.7. The van der Waals surface area contributed by atoms with E-state index in [1.807, 2.05) is 49.5 Å². The highest BCUT2D eigenvalue weighted by Crippen LogP contribution is 2.31. The largest absolute Gasteiger partial charge is 0.357 e. The van der Waals surface area contributed by atoms with E-state index < -0.39 is 0 Å². The first-order valence-corrected chi connectivity index (χ1v) is 10.1. The maximum atomic E-state index is 12.0. The summed E-state index contributed by atoms with van der Waals surface area (Å²) in [5, 5.41) is 13.8. The lowest BCUT2D eigenvalue weighted by molar-refractivity contribution is -0.116. The number of aliphatic imine (C=N–C) groups is 1. The van der Waals surface area contributed by atoms with E-state index in [-0.39, 0.29) is 35.8 Å². The van der Waals surface area contributed by atoms with Crippen molar-refractivity contribution in [1.82, 2.24) is 25.4 Å². The predicted octanol–water partition coefficient (Wildman–Crippen LogP) is 3.07. The molecule has 3 heterocycles. The Morgan fingerprint density at radius 2 is 2.10 bits per heavy atom. The van der Waals surface area contributed by atoms with Crippen LogP contribution >= 0.6 is 24.0 Å². The number of anilines is 1. The molecule has 3 aromatic rings. The smallest absolute Gasteiger partial charge is 0.225 e. The van der Waals surface area contributed by atoms with Crippen LogP contribution in [-0.2, 0) is 11.3 Å². The lowest BCUT2D eigenvalue weighted by atomic mass is 9.90. The molecule has 0 saturated heterocycles. The molecular formula is C22H26IN7O. The molecule has 1 aliphatic heterocycles. The number of benzene rings is 1. The zero-order valence-electron chi connectivity index (χ0n) is 17.3. The van der Waals surface area contributed by atoms with Crippen LogP contribution in [0.15, 0.2) is 66.0 Å². The fourth-order valence-corrected chi connectivity index (χ4v) is 3.50. The third-order valence-electron chi connectivity index (χ3n) is 4.94. The lowest BCUT2D eigenvalue weighted by Crippen LogP contribution is -2.40. The summed E-state index contributed by atoms with van der Waals surface area (Å²) in [5.74, 6) is 1.63. The quantitative estimate of drug-likeness (QED) is 0.258. The molecule has 31 heavy (non-hydrogen) atoms. The Hall–Kier alpha value is -2.95. The average Bonchev–Trinajstić information content (AvgIpc) is 3.30. The predicted molar refractivity (Wildman–Crippen MR) is 132 cm³/mol. The Morgan fingerprint density at radius 1 is 1.23 bits per heavy atom. The number of rotatable bonds is 6. The van der Waals surface area contributed by atoms with Crippen molar-refractivity contribution >= 4 is 41.5 Å². The van der Waals surface area contributed by atoms with Crippen LogP contribution in [0.1, 0.15) is 30.4 Å². The van der Waals surface area contributed by atoms with Gasteiger partial charge >= 0.3 is 0 Å². The molecule has 0 aliphatic carbocycles. The Bertz CT molecular complexity index is 1040. The van der Waals surface area contributed by atoms with E-state index in [0.29, 0.717) is 19.5 Å². The molecule has 3 N–H and O–H groups in total. The van der Waals surface area contributed by atoms with Crippen molar-refractivity contribution in [1.29, 1.82) is 0 Å². The highest BCUT2D eigenvalue weighted by molar-refractivity contribution is 14.0. The highest BCUT2D eigenvalue weighted by atomic mass is 127. The topological polar surface area (TPSA) is 96.2 Å². The van der Waals surface area contributed by atoms with E-state index in [0.717, 1.165) is 35.1 Å². The molecule has 1 unspecified atom stereocenters. The van der Waals surface area contributed by atoms with Crippen molar-refractivity contribution in [2.45, 2.75) is 25.8 Å². The van der Waals surface area contributed by atoms with Crippen LogP contribution in [0.25, 0.3) is 5.82 Å². The van der Waals surface area contributed by atoms with Crippen LogP contribution in [0, 0.1) is 0 Å². The summed E-state index contributed by atoms with van der Waals surface area (Å²) in [7, 11) is 0. The van der Waals surface area contributed by atoms with Crippen LogP contribution in [0.5, 0.6) is 0 Å². The van der Waals surface area contributed by atoms with Crippen molar-refractivity contribution in [2.24, 2.45) is 4.99 Å². The molecule has 9 heteroatoms. The molecule has 2 aromatic heterocycles. The Kier molecular flexibility index (Phi) is 7.99. The van der Waals surface area contributed by atoms with Crippen molar-refractivity contribution < 1.29 is 4.79 Å². The van der Waals surface area contributed by atoms with Gasteiger partial charge in [-0.2, -0.15) is 5.10 Å². The minimum Gasteiger partial charge on any atom is -0.357 e. The number of halogens is 1. The fraction of sp³-hybridized carbons (Fsp3) is 0.273. The summed E-state index contributed by atoms with van der Waals surface area (Å²) >= 11 is 0. The molecule has 8 nitrogen and oxygen atoms in total. The molecule has 1 amide bonds. The monoisotopic (exact) mass is 531 g/mol. The summed E-state index contributed by atoms with van der Waals surface area (Å²) in [5.41, 5.74) is 3.08. The second-order valence-electron chi connectivity index (χ2n) is 7.09. The van der Waals surface area contributed by atoms with Gasteiger partial charge in [0.2, 0.25) is 5.91 Å². The Labute approximate surface area is 198 Å². The first kappa shape index (κ1) is 22.7. The fourth-order valence-electron chi connectivity index (χ4n) is 3.50. The number of carbonyl (C=O) groups is 1. The summed E-state index contributed by atoms with van der Waals surface area (Å²) in [4.78, 5) is 21.1. The van der Waals surface area contributed by atoms with Gasteiger partial charge in [0.1, 0.15) is 0 Å². The van der Waals surface area contributed by atoms with Crippen LogP contribution < -0.4 is 16.0 Å². The summed E-state index contributed by atoms with van der Waals surface area (Å²) < 4.78 is 1.72. The summed E-state index contributed by atoms with van der Waals surface area (Å²) in [6.45, 7) is 3.92. The van der Waals surface area contributed by atoms with Crippen molar-refractivity contribution in [2.75, 3.05) is 18.4 Å². The van der Waals surface area contributed by atoms with Gasteiger partial charge in [-0.05, 0) is 42.3 Å². The molecule has 0 fully saturated rings. The maximum Gasteiger partial charge on any atom is 0.225 e. The Morgan fingerprint density at radius 3 is 2.90 bits per heavy atom. The number of carbonyl (C=O) groups excluding carboxylic acids is 1. The molecule has 1 atom stereocenters. The summed E-state index contributed by atoms with van der Waals surface area (Å²) in [6.07, 6.45) is 5.81. The first-order valence-electron chi connectivity index (χ1n) is 10.1. The number of para-hydroxylation sites is 1. The van der Waals surface area contributed by atoms with E-state index in [4.69, 9.17) is 4.99 Å². The SMILES string of the molecule is CCNC(=NCc1ccnc(-n2cccn2)c1)NCC1CC(=O)Nc2ccccc21.I. The van der Waals surface area contributed by atoms with E-state index in [9.17, 15) is 4.79 Å². The first-order chi connectivity index (χ1) is 14.7. The van der Waals surface area contributed by atoms with Crippen LogP contribution in [0.4, 0.5) is 5.69 Å². The molecule has 0 bridgehead atoms. The number of nitrogens with zero attached hydrogens (tertiary/aromatic N) is 4. The van der Waals surface area contributed by atoms with Crippen molar-refractivity contribution in [3.05, 3.63) is 72.2 Å². The normalized spacial score (nSPS) is 15.5. The number of guanidine groups is 1. The number of hydrogen-bond donors (Lipinski definition) is 3. The van der Waals surface area contributed by atoms with Gasteiger partial charge in [-0.25, -0.2) is 14.7 Å². The minimum absolute atomic E-state index is 0. The number of hydrogen-bond acceptors (Lipinski definition) is 4. The number of aromatic nitrogens is 3. The van der Waals surface area contributed by atoms with Gasteiger partial charge < -0.3 is 16.0 Å². The average molecular weight is 531 g/mol. The third-order valence-corrected chi connectivity index (χ3v) is 4.94. The van der Waals surface area contributed by atoms with Gasteiger partial charge in [0, 0.05) is 49.7 Å². The molecule has 162 valence electrons. The molecule has 1 aliphatic rings. The Balaban J connectivity index is 0.00000272. The standard InChI is InChI=1S/C22H25N7O.HI/c1-2-23-22(25-14-16-8-10-24-20(12-16)29-11-5-9-27-29)26-15-17-13-21(30)28-19-7-4-3-6-18(17)19;/h3-12,17H,2,13-15H2,1H3,(H,28,30)(H2,23,25,26);1H. The zero-order chi connectivity index (χ0) is 20.8. The molecular weight excluding hydrogens is 505 g/mol. The second-order valence-corrected chi connectivity index (χ2v) is 7.09. The second kappa shape index (κ2) is 10.9. The van der Waals surface area contributed by atoms with E-state index >= 15 is 0 Å². The van der Waals surface area contributed by atoms with E-state index in [1.54, 1.807) is 17.1 Å². The van der Waals surface area contributed by atoms with E-state index in [1.165, 1.54) is 0 Å². The number of pyridine rings is 1. The van der Waals surface area contributed by atoms with Crippen LogP contribution in [0.3, 0.4) is 0 Å².